The molecule has 0 aromatic rings. The normalized spacial score (nSPS) is 41.6. The van der Waals surface area contributed by atoms with E-state index < -0.39 is 0 Å². The van der Waals surface area contributed by atoms with Gasteiger partial charge in [-0.25, -0.2) is 0 Å². The fraction of sp³-hybridized carbons (Fsp3) is 0.926. The molecule has 4 nitrogen and oxygen atoms in total. The van der Waals surface area contributed by atoms with Gasteiger partial charge in [-0.1, -0.05) is 52.9 Å². The van der Waals surface area contributed by atoms with Crippen molar-refractivity contribution in [2.75, 3.05) is 6.54 Å². The lowest BCUT2D eigenvalue weighted by molar-refractivity contribution is -0.141. The predicted octanol–water partition coefficient (Wildman–Crippen LogP) is 5.60. The Hall–Kier alpha value is -1.06. The molecule has 176 valence electrons. The number of carbonyl (C=O) groups excluding carboxylic acids is 2. The SMILES string of the molecule is CCCCCCCCNC(=O)[C@H]1CC[C@H]2[C@@H]3CCC4NC(=O)CC[C@]4(C)[C@H]3CC[C@]12C. The monoisotopic (exact) mass is 430 g/mol. The van der Waals surface area contributed by atoms with E-state index in [1.165, 1.54) is 57.8 Å². The Bertz CT molecular complexity index is 664. The number of carbonyl (C=O) groups is 2. The standard InChI is InChI=1S/C27H46N2O2/c1-4-5-6-7-8-9-18-28-25(31)22-12-11-20-19-10-13-23-27(3,17-15-24(30)29-23)21(19)14-16-26(20,22)2/h19-23H,4-18H2,1-3H3,(H,28,31)(H,29,30)/t19-,20-,21-,22+,23?,26-,27+/m0/s1. The van der Waals surface area contributed by atoms with Crippen LogP contribution in [-0.2, 0) is 9.59 Å². The maximum Gasteiger partial charge on any atom is 0.223 e. The van der Waals surface area contributed by atoms with Gasteiger partial charge in [0.15, 0.2) is 0 Å². The van der Waals surface area contributed by atoms with E-state index in [0.29, 0.717) is 24.3 Å². The highest BCUT2D eigenvalue weighted by Crippen LogP contribution is 2.65. The fourth-order valence-corrected chi connectivity index (χ4v) is 8.37. The Labute approximate surface area is 190 Å². The van der Waals surface area contributed by atoms with Crippen molar-refractivity contribution in [3.63, 3.8) is 0 Å². The maximum absolute atomic E-state index is 13.2. The summed E-state index contributed by atoms with van der Waals surface area (Å²) in [5.74, 6) is 2.94. The maximum atomic E-state index is 13.2. The molecule has 3 saturated carbocycles. The van der Waals surface area contributed by atoms with Gasteiger partial charge in [-0.05, 0) is 80.0 Å². The molecule has 1 heterocycles. The molecule has 4 heteroatoms. The molecule has 1 saturated heterocycles. The Kier molecular flexibility index (Phi) is 7.03. The third-order valence-electron chi connectivity index (χ3n) is 10.2. The fourth-order valence-electron chi connectivity index (χ4n) is 8.37. The highest BCUT2D eigenvalue weighted by Gasteiger charge is 2.61. The van der Waals surface area contributed by atoms with Crippen LogP contribution in [0.2, 0.25) is 0 Å². The number of hydrogen-bond acceptors (Lipinski definition) is 2. The minimum absolute atomic E-state index is 0.174. The van der Waals surface area contributed by atoms with E-state index in [1.807, 2.05) is 0 Å². The molecule has 0 aromatic carbocycles. The molecule has 2 amide bonds. The molecule has 4 fully saturated rings. The number of nitrogens with one attached hydrogen (secondary N) is 2. The van der Waals surface area contributed by atoms with Gasteiger partial charge in [-0.3, -0.25) is 9.59 Å². The summed E-state index contributed by atoms with van der Waals surface area (Å²) in [5, 5.41) is 6.65. The summed E-state index contributed by atoms with van der Waals surface area (Å²) in [5.41, 5.74) is 0.434. The van der Waals surface area contributed by atoms with Gasteiger partial charge in [0.25, 0.3) is 0 Å². The summed E-state index contributed by atoms with van der Waals surface area (Å²) in [6, 6.07) is 0.372. The number of amides is 2. The minimum atomic E-state index is 0.174. The zero-order valence-corrected chi connectivity index (χ0v) is 20.3. The molecule has 0 aromatic heterocycles. The lowest BCUT2D eigenvalue weighted by atomic mass is 9.47. The van der Waals surface area contributed by atoms with Crippen molar-refractivity contribution in [2.45, 2.75) is 117 Å². The van der Waals surface area contributed by atoms with Gasteiger partial charge in [-0.15, -0.1) is 0 Å². The van der Waals surface area contributed by atoms with E-state index >= 15 is 0 Å². The van der Waals surface area contributed by atoms with Crippen molar-refractivity contribution in [1.82, 2.24) is 10.6 Å². The third-order valence-corrected chi connectivity index (χ3v) is 10.2. The topological polar surface area (TPSA) is 58.2 Å². The third kappa shape index (κ3) is 4.29. The van der Waals surface area contributed by atoms with Crippen molar-refractivity contribution in [2.24, 2.45) is 34.5 Å². The van der Waals surface area contributed by atoms with E-state index in [2.05, 4.69) is 31.4 Å². The number of fused-ring (bicyclic) bond motifs is 5. The largest absolute Gasteiger partial charge is 0.356 e. The first-order valence-corrected chi connectivity index (χ1v) is 13.5. The van der Waals surface area contributed by atoms with Crippen molar-refractivity contribution >= 4 is 11.8 Å². The lowest BCUT2D eigenvalue weighted by Crippen LogP contribution is -2.61. The van der Waals surface area contributed by atoms with Crippen molar-refractivity contribution in [1.29, 1.82) is 0 Å². The quantitative estimate of drug-likeness (QED) is 0.492. The van der Waals surface area contributed by atoms with Crippen LogP contribution in [0.3, 0.4) is 0 Å². The summed E-state index contributed by atoms with van der Waals surface area (Å²) in [4.78, 5) is 25.2. The van der Waals surface area contributed by atoms with E-state index in [4.69, 9.17) is 0 Å². The smallest absolute Gasteiger partial charge is 0.223 e. The van der Waals surface area contributed by atoms with E-state index in [9.17, 15) is 9.59 Å². The van der Waals surface area contributed by atoms with Crippen LogP contribution in [0.4, 0.5) is 0 Å². The zero-order chi connectivity index (χ0) is 22.1. The second-order valence-electron chi connectivity index (χ2n) is 11.8. The molecular formula is C27H46N2O2. The summed E-state index contributed by atoms with van der Waals surface area (Å²) < 4.78 is 0. The van der Waals surface area contributed by atoms with E-state index in [0.717, 1.165) is 44.1 Å². The first kappa shape index (κ1) is 23.1. The first-order valence-electron chi connectivity index (χ1n) is 13.5. The van der Waals surface area contributed by atoms with Crippen LogP contribution in [0.15, 0.2) is 0 Å². The molecule has 0 radical (unpaired) electrons. The van der Waals surface area contributed by atoms with Crippen LogP contribution >= 0.6 is 0 Å². The van der Waals surface area contributed by atoms with E-state index in [-0.39, 0.29) is 22.7 Å². The van der Waals surface area contributed by atoms with Gasteiger partial charge >= 0.3 is 0 Å². The van der Waals surface area contributed by atoms with Crippen LogP contribution in [0.5, 0.6) is 0 Å². The number of rotatable bonds is 8. The number of unbranched alkanes of at least 4 members (excludes halogenated alkanes) is 5. The van der Waals surface area contributed by atoms with Crippen LogP contribution in [-0.4, -0.2) is 24.4 Å². The van der Waals surface area contributed by atoms with Crippen LogP contribution < -0.4 is 10.6 Å². The molecule has 0 spiro atoms. The lowest BCUT2D eigenvalue weighted by Gasteiger charge is -2.60. The number of piperidine rings is 1. The predicted molar refractivity (Wildman–Crippen MR) is 125 cm³/mol. The highest BCUT2D eigenvalue weighted by molar-refractivity contribution is 5.80. The van der Waals surface area contributed by atoms with Crippen molar-refractivity contribution in [3.8, 4) is 0 Å². The molecule has 1 unspecified atom stereocenters. The average Bonchev–Trinajstić information content (AvgIpc) is 3.11. The summed E-state index contributed by atoms with van der Waals surface area (Å²) in [6.45, 7) is 8.00. The minimum Gasteiger partial charge on any atom is -0.356 e. The molecule has 31 heavy (non-hydrogen) atoms. The Morgan fingerprint density at radius 2 is 1.68 bits per heavy atom. The molecule has 3 aliphatic carbocycles. The molecule has 0 bridgehead atoms. The van der Waals surface area contributed by atoms with Gasteiger partial charge in [0, 0.05) is 24.9 Å². The summed E-state index contributed by atoms with van der Waals surface area (Å²) in [6.07, 6.45) is 16.4. The van der Waals surface area contributed by atoms with Crippen LogP contribution in [0.1, 0.15) is 111 Å². The molecule has 7 atom stereocenters. The van der Waals surface area contributed by atoms with Gasteiger partial charge in [0.1, 0.15) is 0 Å². The zero-order valence-electron chi connectivity index (χ0n) is 20.3. The highest BCUT2D eigenvalue weighted by atomic mass is 16.2. The molecule has 4 aliphatic rings. The van der Waals surface area contributed by atoms with E-state index in [1.54, 1.807) is 0 Å². The second kappa shape index (κ2) is 9.43. The summed E-state index contributed by atoms with van der Waals surface area (Å²) in [7, 11) is 0. The van der Waals surface area contributed by atoms with Gasteiger partial charge in [-0.2, -0.15) is 0 Å². The van der Waals surface area contributed by atoms with Crippen LogP contribution in [0, 0.1) is 34.5 Å². The van der Waals surface area contributed by atoms with Gasteiger partial charge in [0.05, 0.1) is 0 Å². The molecular weight excluding hydrogens is 384 g/mol. The van der Waals surface area contributed by atoms with Crippen LogP contribution in [0.25, 0.3) is 0 Å². The Morgan fingerprint density at radius 3 is 2.48 bits per heavy atom. The molecule has 1 aliphatic heterocycles. The van der Waals surface area contributed by atoms with Crippen molar-refractivity contribution < 1.29 is 9.59 Å². The van der Waals surface area contributed by atoms with Gasteiger partial charge < -0.3 is 10.6 Å². The Morgan fingerprint density at radius 1 is 0.935 bits per heavy atom. The molecule has 4 rings (SSSR count). The molecule has 2 N–H and O–H groups in total. The number of hydrogen-bond donors (Lipinski definition) is 2. The second-order valence-corrected chi connectivity index (χ2v) is 11.8. The van der Waals surface area contributed by atoms with Gasteiger partial charge in [0.2, 0.25) is 11.8 Å². The first-order chi connectivity index (χ1) is 14.9. The van der Waals surface area contributed by atoms with Crippen molar-refractivity contribution in [3.05, 3.63) is 0 Å². The average molecular weight is 431 g/mol. The Balaban J connectivity index is 1.34. The summed E-state index contributed by atoms with van der Waals surface area (Å²) >= 11 is 0.